The smallest absolute Gasteiger partial charge is 0.369 e. The van der Waals surface area contributed by atoms with Crippen LogP contribution < -0.4 is 46.4 Å². The molecule has 0 aliphatic heterocycles. The molecule has 0 aromatic carbocycles. The van der Waals surface area contributed by atoms with Crippen LogP contribution in [0.3, 0.4) is 0 Å². The maximum Gasteiger partial charge on any atom is 0.369 e. The van der Waals surface area contributed by atoms with Gasteiger partial charge >= 0.3 is 22.8 Å². The summed E-state index contributed by atoms with van der Waals surface area (Å²) in [6.45, 7) is 7.81. The van der Waals surface area contributed by atoms with Crippen molar-refractivity contribution in [1.29, 1.82) is 0 Å². The number of hydrogen-bond acceptors (Lipinski definition) is 33. The second-order valence-electron chi connectivity index (χ2n) is 16.4. The second-order valence-corrected chi connectivity index (χ2v) is 19.7. The van der Waals surface area contributed by atoms with Crippen LogP contribution in [0.2, 0.25) is 0 Å². The average molecular weight is 1280 g/mol. The van der Waals surface area contributed by atoms with E-state index in [1.54, 1.807) is 23.1 Å². The van der Waals surface area contributed by atoms with E-state index in [1.807, 2.05) is 6.92 Å². The van der Waals surface area contributed by atoms with Gasteiger partial charge in [0, 0.05) is 80.1 Å². The molecule has 0 N–H and O–H groups in total. The minimum Gasteiger partial charge on any atom is -0.478 e. The van der Waals surface area contributed by atoms with E-state index in [4.69, 9.17) is 35.6 Å². The van der Waals surface area contributed by atoms with Crippen molar-refractivity contribution < 1.29 is 29.2 Å². The van der Waals surface area contributed by atoms with E-state index in [9.17, 15) is 19.2 Å². The third-order valence-electron chi connectivity index (χ3n) is 11.0. The van der Waals surface area contributed by atoms with Crippen LogP contribution >= 0.6 is 45.3 Å². The van der Waals surface area contributed by atoms with E-state index >= 15 is 0 Å². The molecule has 37 nitrogen and oxygen atoms in total. The first-order chi connectivity index (χ1) is 44.3. The normalized spacial score (nSPS) is 11.2. The predicted molar refractivity (Wildman–Crippen MR) is 308 cm³/mol. The molecule has 0 aliphatic carbocycles. The molecule has 0 spiro atoms. The highest BCUT2D eigenvalue weighted by atomic mass is 32.1. The highest BCUT2D eigenvalue weighted by molar-refractivity contribution is 7.12. The fourth-order valence-corrected chi connectivity index (χ4v) is 8.62. The van der Waals surface area contributed by atoms with Gasteiger partial charge in [0.25, 0.3) is 20.8 Å². The third kappa shape index (κ3) is 14.4. The highest BCUT2D eigenvalue weighted by Crippen LogP contribution is 2.25. The highest BCUT2D eigenvalue weighted by Gasteiger charge is 2.22. The van der Waals surface area contributed by atoms with Crippen molar-refractivity contribution in [2.45, 2.75) is 40.3 Å². The molecule has 0 saturated heterocycles. The zero-order valence-electron chi connectivity index (χ0n) is 50.3. The molecule has 0 unspecified atom stereocenters. The summed E-state index contributed by atoms with van der Waals surface area (Å²) in [7, 11) is 5.94. The second kappa shape index (κ2) is 28.9. The fraction of sp³-hybridized carbons (Fsp3) is 0.234. The summed E-state index contributed by atoms with van der Waals surface area (Å²) in [6.07, 6.45) is 12.6. The van der Waals surface area contributed by atoms with Crippen LogP contribution in [0.4, 0.5) is 0 Å². The summed E-state index contributed by atoms with van der Waals surface area (Å²) >= 11 is 4.80. The lowest BCUT2D eigenvalue weighted by Gasteiger charge is -2.11. The number of nitrogens with zero attached hydrogens (tertiary/aromatic N) is 28. The molecule has 0 amide bonds. The van der Waals surface area contributed by atoms with Gasteiger partial charge in [-0.2, -0.15) is 18.7 Å². The van der Waals surface area contributed by atoms with Gasteiger partial charge in [-0.15, -0.1) is 25.2 Å². The molecule has 450 valence electrons. The van der Waals surface area contributed by atoms with Crippen molar-refractivity contribution in [3.8, 4) is 62.3 Å². The van der Waals surface area contributed by atoms with E-state index in [1.165, 1.54) is 110 Å². The van der Waals surface area contributed by atoms with Gasteiger partial charge in [-0.3, -0.25) is 0 Å². The summed E-state index contributed by atoms with van der Waals surface area (Å²) in [5.74, 6) is 3.68. The van der Waals surface area contributed by atoms with Crippen molar-refractivity contribution in [1.82, 2.24) is 139 Å². The number of thiazole rings is 4. The van der Waals surface area contributed by atoms with Crippen molar-refractivity contribution in [2.24, 2.45) is 28.2 Å². The van der Waals surface area contributed by atoms with Crippen LogP contribution in [-0.4, -0.2) is 146 Å². The van der Waals surface area contributed by atoms with Crippen molar-refractivity contribution in [2.75, 3.05) is 6.61 Å². The lowest BCUT2D eigenvalue weighted by molar-refractivity contribution is 0.277. The summed E-state index contributed by atoms with van der Waals surface area (Å²) < 4.78 is 65.8. The van der Waals surface area contributed by atoms with Gasteiger partial charge < -0.3 is 23.7 Å². The Morgan fingerprint density at radius 2 is 0.830 bits per heavy atom. The number of terminal acetylenes is 1. The minimum absolute atomic E-state index is 0.00146. The van der Waals surface area contributed by atoms with Gasteiger partial charge in [0.15, 0.2) is 23.3 Å². The molecule has 0 radical (unpaired) electrons. The van der Waals surface area contributed by atoms with Gasteiger partial charge in [0.2, 0.25) is 5.88 Å². The van der Waals surface area contributed by atoms with Crippen LogP contribution in [0.1, 0.15) is 51.7 Å². The Balaban J connectivity index is 0.000000145. The minimum atomic E-state index is -0.476. The molecule has 0 saturated carbocycles. The van der Waals surface area contributed by atoms with Crippen molar-refractivity contribution in [3.63, 3.8) is 0 Å². The molecular formula is C47H44N28O9S4. The van der Waals surface area contributed by atoms with Crippen LogP contribution in [0, 0.1) is 19.3 Å². The van der Waals surface area contributed by atoms with E-state index in [-0.39, 0.29) is 80.1 Å². The number of rotatable bonds is 19. The Kier molecular flexibility index (Phi) is 18.3. The van der Waals surface area contributed by atoms with E-state index in [0.717, 1.165) is 37.5 Å². The molecule has 0 aliphatic rings. The maximum atomic E-state index is 12.1. The molecule has 12 aromatic heterocycles. The van der Waals surface area contributed by atoms with Gasteiger partial charge in [0.05, 0.1) is 40.0 Å². The zero-order valence-corrected chi connectivity index (χ0v) is 49.6. The zero-order chi connectivity index (χ0) is 65.6. The molecule has 41 heteroatoms. The lowest BCUT2D eigenvalue weighted by atomic mass is 10.2. The summed E-state index contributed by atoms with van der Waals surface area (Å²) in [5.41, 5.74) is 1.61. The molecule has 12 heterocycles. The lowest BCUT2D eigenvalue weighted by Crippen LogP contribution is -2.24. The quantitative estimate of drug-likeness (QED) is 0.0995. The number of ether oxygens (including phenoxy) is 5. The van der Waals surface area contributed by atoms with E-state index in [0.29, 0.717) is 66.8 Å². The molecule has 0 bridgehead atoms. The number of tetrazole rings is 4. The number of aromatic nitrogens is 28. The Hall–Kier alpha value is -11.4. The van der Waals surface area contributed by atoms with Gasteiger partial charge in [-0.25, -0.2) is 79.0 Å². The number of aryl methyl sites for hydroxylation is 5. The molecular weight excluding hydrogens is 1230 g/mol. The summed E-state index contributed by atoms with van der Waals surface area (Å²) in [4.78, 5) is 96.3. The van der Waals surface area contributed by atoms with Crippen LogP contribution in [-0.2, 0) is 54.6 Å². The molecule has 0 fully saturated rings. The molecule has 88 heavy (non-hydrogen) atoms. The largest absolute Gasteiger partial charge is 0.478 e. The Bertz CT molecular complexity index is 4840. The molecule has 12 rings (SSSR count). The Morgan fingerprint density at radius 3 is 1.20 bits per heavy atom. The SMILES string of the molecule is [3H]c1csc(OCc2c(C#C)ncnc2-n2nnn(C)c2=O)n1.[3H]c1csc(OCc2c(C)ncnc2-n2nnn(C)c2=O)n1.[3H]c1csc(OCc2c(C=C)ncnc2-n2nnn(C)c2=O)n1.[3H]c1csc(OCc2c(OCC)ncnc2-n2nnn(C)c2=O)n1. The molecule has 0 atom stereocenters. The van der Waals surface area contributed by atoms with Gasteiger partial charge in [-0.1, -0.05) is 51.9 Å². The third-order valence-corrected chi connectivity index (χ3v) is 13.6. The van der Waals surface area contributed by atoms with Crippen LogP contribution in [0.15, 0.2) is 97.3 Å². The Morgan fingerprint density at radius 1 is 0.477 bits per heavy atom. The predicted octanol–water partition coefficient (Wildman–Crippen LogP) is 0.497. The van der Waals surface area contributed by atoms with E-state index < -0.39 is 22.8 Å². The number of hydrogen-bond donors (Lipinski definition) is 0. The summed E-state index contributed by atoms with van der Waals surface area (Å²) in [6, 6.07) is 0. The van der Waals surface area contributed by atoms with Crippen molar-refractivity contribution in [3.05, 3.63) is 159 Å². The maximum absolute atomic E-state index is 12.1. The monoisotopic (exact) mass is 1280 g/mol. The first kappa shape index (κ1) is 55.8. The van der Waals surface area contributed by atoms with Gasteiger partial charge in [0.1, 0.15) is 57.4 Å². The van der Waals surface area contributed by atoms with Crippen LogP contribution in [0.5, 0.6) is 26.7 Å². The fourth-order valence-electron chi connectivity index (χ4n) is 6.87. The van der Waals surface area contributed by atoms with Crippen molar-refractivity contribution >= 4 is 51.4 Å². The average Bonchev–Trinajstić information content (AvgIpc) is 1.67. The Labute approximate surface area is 514 Å². The first-order valence-electron chi connectivity index (χ1n) is 26.6. The standard InChI is InChI=1S/C12H13N7O3S.C12H11N7O2S.C12H9N7O2S.C11H11N7O2S/c1-3-21-10-8(6-22-11-13-4-5-23-11)9(14-7-15-10)19-12(20)18(2)16-17-19;2*1-3-9-8(6-21-11-13-4-5-22-11)10(15-7-14-9)19-12(20)18(2)16-17-19;1-7-8(5-20-10-12-3-4-21-10)9(14-6-13-7)18-11(19)17(2)15-16-18/h4-5,7H,3,6H2,1-2H3;3-5,7H,1,6H2,2H3;1,4-5,7H,6H2,2H3;3-4,6H,5H2,1-2H3/i3*4T;3T. The van der Waals surface area contributed by atoms with E-state index in [2.05, 4.69) is 114 Å². The van der Waals surface area contributed by atoms with Crippen LogP contribution in [0.25, 0.3) is 29.3 Å². The molecule has 12 aromatic rings. The topological polar surface area (TPSA) is 412 Å². The summed E-state index contributed by atoms with van der Waals surface area (Å²) in [5, 5.41) is 37.3. The first-order valence-corrected chi connectivity index (χ1v) is 28.1. The van der Waals surface area contributed by atoms with Gasteiger partial charge in [-0.05, 0) is 67.6 Å².